The molecule has 0 saturated carbocycles. The molecule has 0 N–H and O–H groups in total. The van der Waals surface area contributed by atoms with Crippen LogP contribution < -0.4 is 0 Å². The minimum Gasteiger partial charge on any atom is -0.463 e. The molecule has 0 aliphatic heterocycles. The Morgan fingerprint density at radius 1 is 1.27 bits per heavy atom. The van der Waals surface area contributed by atoms with Gasteiger partial charge in [-0.2, -0.15) is 0 Å². The number of furan rings is 1. The van der Waals surface area contributed by atoms with Crippen molar-refractivity contribution in [2.24, 2.45) is 0 Å². The summed E-state index contributed by atoms with van der Waals surface area (Å²) in [5.74, 6) is 0. The van der Waals surface area contributed by atoms with Gasteiger partial charge in [-0.3, -0.25) is 0 Å². The average molecular weight is 164 g/mol. The molecule has 1 nitrogen and oxygen atoms in total. The van der Waals surface area contributed by atoms with Crippen molar-refractivity contribution in [3.05, 3.63) is 30.5 Å². The fourth-order valence-corrected chi connectivity index (χ4v) is 1.64. The molecule has 0 radical (unpaired) electrons. The Morgan fingerprint density at radius 2 is 2.09 bits per heavy atom. The van der Waals surface area contributed by atoms with Crippen LogP contribution in [0, 0.1) is 0 Å². The Kier molecular flexibility index (Phi) is 1.62. The molecule has 0 fully saturated rings. The van der Waals surface area contributed by atoms with E-state index in [2.05, 4.69) is 12.3 Å². The average Bonchev–Trinajstić information content (AvgIpc) is 2.47. The van der Waals surface area contributed by atoms with E-state index in [0.29, 0.717) is 0 Å². The van der Waals surface area contributed by atoms with Crippen LogP contribution in [-0.4, -0.2) is 6.26 Å². The van der Waals surface area contributed by atoms with Gasteiger partial charge in [-0.1, -0.05) is 12.1 Å². The van der Waals surface area contributed by atoms with Crippen molar-refractivity contribution in [2.75, 3.05) is 6.26 Å². The van der Waals surface area contributed by atoms with Crippen LogP contribution in [0.3, 0.4) is 0 Å². The van der Waals surface area contributed by atoms with Crippen LogP contribution in [-0.2, 0) is 0 Å². The van der Waals surface area contributed by atoms with Gasteiger partial charge in [0.05, 0.1) is 4.90 Å². The van der Waals surface area contributed by atoms with Crippen molar-refractivity contribution in [3.8, 4) is 0 Å². The lowest BCUT2D eigenvalue weighted by Gasteiger charge is -1.88. The molecule has 2 rings (SSSR count). The van der Waals surface area contributed by atoms with E-state index in [0.717, 1.165) is 5.58 Å². The molecule has 0 spiro atoms. The summed E-state index contributed by atoms with van der Waals surface area (Å²) < 4.78 is 5.32. The minimum absolute atomic E-state index is 0.969. The summed E-state index contributed by atoms with van der Waals surface area (Å²) in [4.78, 5) is 1.21. The second-order valence-corrected chi connectivity index (χ2v) is 3.15. The van der Waals surface area contributed by atoms with E-state index in [4.69, 9.17) is 4.42 Å². The zero-order chi connectivity index (χ0) is 7.68. The lowest BCUT2D eigenvalue weighted by molar-refractivity contribution is 0.608. The summed E-state index contributed by atoms with van der Waals surface area (Å²) >= 11 is 1.71. The van der Waals surface area contributed by atoms with Crippen molar-refractivity contribution in [1.29, 1.82) is 0 Å². The number of hydrogen-bond acceptors (Lipinski definition) is 2. The molecule has 1 aromatic heterocycles. The summed E-state index contributed by atoms with van der Waals surface area (Å²) in [7, 11) is 0. The highest BCUT2D eigenvalue weighted by Gasteiger charge is 2.01. The molecule has 1 heterocycles. The SMILES string of the molecule is CSc1coc2ccccc12. The predicted octanol–water partition coefficient (Wildman–Crippen LogP) is 3.15. The molecule has 2 aromatic rings. The van der Waals surface area contributed by atoms with Crippen LogP contribution in [0.4, 0.5) is 0 Å². The number of benzene rings is 1. The van der Waals surface area contributed by atoms with Gasteiger partial charge in [0, 0.05) is 5.39 Å². The third kappa shape index (κ3) is 1.03. The molecular formula is C9H8OS. The van der Waals surface area contributed by atoms with E-state index in [1.54, 1.807) is 18.0 Å². The van der Waals surface area contributed by atoms with Gasteiger partial charge in [0.15, 0.2) is 0 Å². The minimum atomic E-state index is 0.969. The van der Waals surface area contributed by atoms with Crippen molar-refractivity contribution < 1.29 is 4.42 Å². The maximum absolute atomic E-state index is 5.32. The highest BCUT2D eigenvalue weighted by atomic mass is 32.2. The van der Waals surface area contributed by atoms with Crippen LogP contribution in [0.25, 0.3) is 11.0 Å². The van der Waals surface area contributed by atoms with E-state index in [1.807, 2.05) is 18.2 Å². The number of hydrogen-bond donors (Lipinski definition) is 0. The zero-order valence-electron chi connectivity index (χ0n) is 6.20. The second kappa shape index (κ2) is 2.62. The van der Waals surface area contributed by atoms with E-state index >= 15 is 0 Å². The molecule has 11 heavy (non-hydrogen) atoms. The lowest BCUT2D eigenvalue weighted by atomic mass is 10.3. The smallest absolute Gasteiger partial charge is 0.135 e. The van der Waals surface area contributed by atoms with Crippen LogP contribution in [0.5, 0.6) is 0 Å². The Morgan fingerprint density at radius 3 is 2.91 bits per heavy atom. The Labute approximate surface area is 69.4 Å². The number of fused-ring (bicyclic) bond motifs is 1. The first-order valence-electron chi connectivity index (χ1n) is 3.42. The summed E-state index contributed by atoms with van der Waals surface area (Å²) in [5, 5.41) is 1.21. The maximum Gasteiger partial charge on any atom is 0.135 e. The van der Waals surface area contributed by atoms with Gasteiger partial charge in [0.2, 0.25) is 0 Å². The number of rotatable bonds is 1. The van der Waals surface area contributed by atoms with Crippen molar-refractivity contribution >= 4 is 22.7 Å². The number of para-hydroxylation sites is 1. The molecule has 0 aliphatic rings. The summed E-state index contributed by atoms with van der Waals surface area (Å²) in [6, 6.07) is 8.06. The molecule has 0 bridgehead atoms. The molecule has 1 aromatic carbocycles. The van der Waals surface area contributed by atoms with E-state index in [-0.39, 0.29) is 0 Å². The largest absolute Gasteiger partial charge is 0.463 e. The third-order valence-corrected chi connectivity index (χ3v) is 2.42. The van der Waals surface area contributed by atoms with Crippen LogP contribution in [0.2, 0.25) is 0 Å². The van der Waals surface area contributed by atoms with Gasteiger partial charge in [-0.15, -0.1) is 11.8 Å². The van der Waals surface area contributed by atoms with Gasteiger partial charge in [-0.25, -0.2) is 0 Å². The Balaban J connectivity index is 2.76. The van der Waals surface area contributed by atoms with Crippen molar-refractivity contribution in [1.82, 2.24) is 0 Å². The lowest BCUT2D eigenvalue weighted by Crippen LogP contribution is -1.63. The second-order valence-electron chi connectivity index (χ2n) is 2.30. The standard InChI is InChI=1S/C9H8OS/c1-11-9-6-10-8-5-3-2-4-7(8)9/h2-6H,1H3. The molecule has 0 unspecified atom stereocenters. The molecular weight excluding hydrogens is 156 g/mol. The van der Waals surface area contributed by atoms with Gasteiger partial charge in [0.25, 0.3) is 0 Å². The normalized spacial score (nSPS) is 10.6. The monoisotopic (exact) mass is 164 g/mol. The topological polar surface area (TPSA) is 13.1 Å². The third-order valence-electron chi connectivity index (χ3n) is 1.67. The van der Waals surface area contributed by atoms with Crippen molar-refractivity contribution in [2.45, 2.75) is 4.90 Å². The zero-order valence-corrected chi connectivity index (χ0v) is 7.02. The fourth-order valence-electron chi connectivity index (χ4n) is 1.11. The number of thioether (sulfide) groups is 1. The fraction of sp³-hybridized carbons (Fsp3) is 0.111. The van der Waals surface area contributed by atoms with Crippen LogP contribution in [0.15, 0.2) is 39.8 Å². The Hall–Kier alpha value is -0.890. The molecule has 0 atom stereocenters. The van der Waals surface area contributed by atoms with Crippen LogP contribution >= 0.6 is 11.8 Å². The highest BCUT2D eigenvalue weighted by molar-refractivity contribution is 7.98. The molecule has 0 saturated heterocycles. The first-order valence-corrected chi connectivity index (χ1v) is 4.64. The first-order chi connectivity index (χ1) is 5.42. The Bertz CT molecular complexity index is 364. The van der Waals surface area contributed by atoms with Gasteiger partial charge < -0.3 is 4.42 Å². The molecule has 0 amide bonds. The molecule has 0 aliphatic carbocycles. The van der Waals surface area contributed by atoms with Crippen molar-refractivity contribution in [3.63, 3.8) is 0 Å². The predicted molar refractivity (Wildman–Crippen MR) is 48.0 cm³/mol. The highest BCUT2D eigenvalue weighted by Crippen LogP contribution is 2.27. The first kappa shape index (κ1) is 6.80. The molecule has 56 valence electrons. The maximum atomic E-state index is 5.32. The summed E-state index contributed by atoms with van der Waals surface area (Å²) in [5.41, 5.74) is 0.969. The quantitative estimate of drug-likeness (QED) is 0.600. The van der Waals surface area contributed by atoms with Crippen LogP contribution in [0.1, 0.15) is 0 Å². The van der Waals surface area contributed by atoms with Gasteiger partial charge >= 0.3 is 0 Å². The van der Waals surface area contributed by atoms with E-state index in [1.165, 1.54) is 10.3 Å². The summed E-state index contributed by atoms with van der Waals surface area (Å²) in [6.45, 7) is 0. The van der Waals surface area contributed by atoms with E-state index < -0.39 is 0 Å². The summed E-state index contributed by atoms with van der Waals surface area (Å²) in [6.07, 6.45) is 3.85. The van der Waals surface area contributed by atoms with Gasteiger partial charge in [-0.05, 0) is 18.4 Å². The van der Waals surface area contributed by atoms with E-state index in [9.17, 15) is 0 Å². The van der Waals surface area contributed by atoms with Gasteiger partial charge in [0.1, 0.15) is 11.8 Å². The molecule has 2 heteroatoms.